The van der Waals surface area contributed by atoms with Gasteiger partial charge in [-0.15, -0.1) is 0 Å². The van der Waals surface area contributed by atoms with E-state index >= 15 is 0 Å². The summed E-state index contributed by atoms with van der Waals surface area (Å²) in [7, 11) is 3.63. The summed E-state index contributed by atoms with van der Waals surface area (Å²) in [5.74, 6) is 0.897. The van der Waals surface area contributed by atoms with E-state index in [0.29, 0.717) is 41.5 Å². The number of fused-ring (bicyclic) bond motifs is 1. The number of methoxy groups -OCH3 is 1. The van der Waals surface area contributed by atoms with Crippen molar-refractivity contribution in [3.63, 3.8) is 0 Å². The number of carbonyl (C=O) groups excluding carboxylic acids is 2. The molecule has 1 heterocycles. The Kier molecular flexibility index (Phi) is 9.63. The first-order valence-corrected chi connectivity index (χ1v) is 13.4. The first-order chi connectivity index (χ1) is 19.3. The van der Waals surface area contributed by atoms with Crippen molar-refractivity contribution in [2.75, 3.05) is 44.5 Å². The zero-order valence-corrected chi connectivity index (χ0v) is 23.5. The van der Waals surface area contributed by atoms with Crippen LogP contribution >= 0.6 is 0 Å². The van der Waals surface area contributed by atoms with Crippen molar-refractivity contribution in [2.45, 2.75) is 32.5 Å². The van der Waals surface area contributed by atoms with Gasteiger partial charge in [-0.05, 0) is 62.0 Å². The lowest BCUT2D eigenvalue weighted by Crippen LogP contribution is -2.49. The van der Waals surface area contributed by atoms with E-state index < -0.39 is 6.03 Å². The number of carbonyl (C=O) groups is 2. The van der Waals surface area contributed by atoms with Gasteiger partial charge in [-0.1, -0.05) is 37.3 Å². The van der Waals surface area contributed by atoms with Crippen molar-refractivity contribution < 1.29 is 24.2 Å². The number of hydrogen-bond acceptors (Lipinski definition) is 6. The topological polar surface area (TPSA) is 103 Å². The minimum atomic E-state index is -0.445. The molecule has 212 valence electrons. The van der Waals surface area contributed by atoms with Gasteiger partial charge in [0.1, 0.15) is 17.6 Å². The summed E-state index contributed by atoms with van der Waals surface area (Å²) >= 11 is 0. The Labute approximate surface area is 235 Å². The number of likely N-dealkylation sites (N-methyl/N-ethyl adjacent to an activating group) is 1. The molecule has 40 heavy (non-hydrogen) atoms. The van der Waals surface area contributed by atoms with Crippen LogP contribution in [0, 0.1) is 5.92 Å². The van der Waals surface area contributed by atoms with Gasteiger partial charge in [-0.25, -0.2) is 4.79 Å². The van der Waals surface area contributed by atoms with Crippen molar-refractivity contribution >= 4 is 23.3 Å². The number of nitrogens with zero attached hydrogens (tertiary/aromatic N) is 2. The van der Waals surface area contributed by atoms with Gasteiger partial charge in [0.2, 0.25) is 0 Å². The summed E-state index contributed by atoms with van der Waals surface area (Å²) < 4.78 is 11.6. The first-order valence-electron chi connectivity index (χ1n) is 13.4. The zero-order valence-electron chi connectivity index (χ0n) is 23.5. The second-order valence-corrected chi connectivity index (χ2v) is 10.3. The number of urea groups is 1. The maximum Gasteiger partial charge on any atom is 0.323 e. The van der Waals surface area contributed by atoms with E-state index in [1.807, 2.05) is 25.1 Å². The summed E-state index contributed by atoms with van der Waals surface area (Å²) in [6, 6.07) is 21.5. The average molecular weight is 547 g/mol. The van der Waals surface area contributed by atoms with E-state index in [1.54, 1.807) is 54.5 Å². The summed E-state index contributed by atoms with van der Waals surface area (Å²) in [5, 5.41) is 15.5. The van der Waals surface area contributed by atoms with Gasteiger partial charge in [0.05, 0.1) is 25.3 Å². The molecule has 0 fully saturated rings. The van der Waals surface area contributed by atoms with E-state index in [2.05, 4.69) is 41.6 Å². The lowest BCUT2D eigenvalue weighted by molar-refractivity contribution is 0.0341. The number of aliphatic hydroxyl groups excluding tert-OH is 1. The first kappa shape index (κ1) is 28.9. The van der Waals surface area contributed by atoms with Crippen molar-refractivity contribution in [3.8, 4) is 11.5 Å². The number of ether oxygens (including phenoxy) is 2. The number of benzene rings is 3. The SMILES string of the molecule is COc1ccc(NC(=O)Nc2ccc3c(c2)C(=O)N([C@H](C)CO)C[C@@H](C)[C@H](CN(C)Cc2ccccc2)O3)cc1. The molecule has 0 radical (unpaired) electrons. The lowest BCUT2D eigenvalue weighted by Gasteiger charge is -2.38. The second kappa shape index (κ2) is 13.3. The Bertz CT molecular complexity index is 1280. The highest BCUT2D eigenvalue weighted by molar-refractivity contribution is 6.02. The number of hydrogen-bond donors (Lipinski definition) is 3. The number of rotatable bonds is 9. The Morgan fingerprint density at radius 3 is 2.45 bits per heavy atom. The molecule has 3 aromatic carbocycles. The molecule has 9 heteroatoms. The number of nitrogens with one attached hydrogen (secondary N) is 2. The van der Waals surface area contributed by atoms with Gasteiger partial charge in [-0.2, -0.15) is 0 Å². The molecule has 3 atom stereocenters. The molecule has 0 saturated carbocycles. The smallest absolute Gasteiger partial charge is 0.323 e. The minimum Gasteiger partial charge on any atom is -0.497 e. The molecule has 4 rings (SSSR count). The van der Waals surface area contributed by atoms with Crippen molar-refractivity contribution in [2.24, 2.45) is 5.92 Å². The van der Waals surface area contributed by atoms with Crippen molar-refractivity contribution in [3.05, 3.63) is 83.9 Å². The van der Waals surface area contributed by atoms with Gasteiger partial charge in [0.15, 0.2) is 0 Å². The van der Waals surface area contributed by atoms with Crippen LogP contribution in [0.1, 0.15) is 29.8 Å². The fraction of sp³-hybridized carbons (Fsp3) is 0.355. The Balaban J connectivity index is 1.54. The molecule has 0 bridgehead atoms. The number of anilines is 2. The monoisotopic (exact) mass is 546 g/mol. The maximum absolute atomic E-state index is 13.7. The molecular formula is C31H38N4O5. The predicted octanol–water partition coefficient (Wildman–Crippen LogP) is 4.69. The van der Waals surface area contributed by atoms with E-state index in [1.165, 1.54) is 5.56 Å². The quantitative estimate of drug-likeness (QED) is 0.360. The van der Waals surface area contributed by atoms with Crippen LogP contribution in [-0.4, -0.2) is 72.8 Å². The van der Waals surface area contributed by atoms with Gasteiger partial charge in [0.25, 0.3) is 5.91 Å². The molecule has 0 unspecified atom stereocenters. The normalized spacial score (nSPS) is 17.8. The third-order valence-corrected chi connectivity index (χ3v) is 7.06. The summed E-state index contributed by atoms with van der Waals surface area (Å²) in [5.41, 5.74) is 2.59. The molecule has 3 amide bonds. The zero-order chi connectivity index (χ0) is 28.6. The van der Waals surface area contributed by atoms with Crippen LogP contribution in [0.4, 0.5) is 16.2 Å². The van der Waals surface area contributed by atoms with E-state index in [4.69, 9.17) is 9.47 Å². The van der Waals surface area contributed by atoms with Crippen molar-refractivity contribution in [1.82, 2.24) is 9.80 Å². The highest BCUT2D eigenvalue weighted by Crippen LogP contribution is 2.31. The fourth-order valence-corrected chi connectivity index (χ4v) is 4.75. The average Bonchev–Trinajstić information content (AvgIpc) is 2.95. The van der Waals surface area contributed by atoms with E-state index in [-0.39, 0.29) is 30.6 Å². The second-order valence-electron chi connectivity index (χ2n) is 10.3. The summed E-state index contributed by atoms with van der Waals surface area (Å²) in [6.07, 6.45) is -0.203. The van der Waals surface area contributed by atoms with Crippen LogP contribution in [0.15, 0.2) is 72.8 Å². The molecule has 0 saturated heterocycles. The summed E-state index contributed by atoms with van der Waals surface area (Å²) in [4.78, 5) is 30.3. The summed E-state index contributed by atoms with van der Waals surface area (Å²) in [6.45, 7) is 5.58. The predicted molar refractivity (Wildman–Crippen MR) is 156 cm³/mol. The van der Waals surface area contributed by atoms with Crippen LogP contribution in [-0.2, 0) is 6.54 Å². The van der Waals surface area contributed by atoms with Gasteiger partial charge >= 0.3 is 6.03 Å². The van der Waals surface area contributed by atoms with Crippen molar-refractivity contribution in [1.29, 1.82) is 0 Å². The van der Waals surface area contributed by atoms with Crippen LogP contribution < -0.4 is 20.1 Å². The minimum absolute atomic E-state index is 0.0115. The maximum atomic E-state index is 13.7. The van der Waals surface area contributed by atoms with E-state index in [0.717, 1.165) is 6.54 Å². The largest absolute Gasteiger partial charge is 0.497 e. The molecule has 0 spiro atoms. The molecule has 0 aromatic heterocycles. The highest BCUT2D eigenvalue weighted by Gasteiger charge is 2.33. The van der Waals surface area contributed by atoms with Crippen LogP contribution in [0.3, 0.4) is 0 Å². The molecule has 1 aliphatic rings. The van der Waals surface area contributed by atoms with E-state index in [9.17, 15) is 14.7 Å². The Morgan fingerprint density at radius 1 is 1.10 bits per heavy atom. The third kappa shape index (κ3) is 7.31. The molecule has 3 N–H and O–H groups in total. The number of aliphatic hydroxyl groups is 1. The van der Waals surface area contributed by atoms with Crippen LogP contribution in [0.5, 0.6) is 11.5 Å². The Morgan fingerprint density at radius 2 is 1.77 bits per heavy atom. The Hall–Kier alpha value is -4.08. The van der Waals surface area contributed by atoms with Gasteiger partial charge in [-0.3, -0.25) is 9.69 Å². The molecule has 1 aliphatic heterocycles. The lowest BCUT2D eigenvalue weighted by atomic mass is 9.99. The van der Waals surface area contributed by atoms with Gasteiger partial charge in [0, 0.05) is 36.9 Å². The van der Waals surface area contributed by atoms with Crippen LogP contribution in [0.25, 0.3) is 0 Å². The van der Waals surface area contributed by atoms with Gasteiger partial charge < -0.3 is 30.1 Å². The molecule has 0 aliphatic carbocycles. The van der Waals surface area contributed by atoms with Crippen LogP contribution in [0.2, 0.25) is 0 Å². The third-order valence-electron chi connectivity index (χ3n) is 7.06. The molecular weight excluding hydrogens is 508 g/mol. The molecule has 9 nitrogen and oxygen atoms in total. The fourth-order valence-electron chi connectivity index (χ4n) is 4.75. The highest BCUT2D eigenvalue weighted by atomic mass is 16.5. The number of amides is 3. The molecule has 3 aromatic rings. The standard InChI is InChI=1S/C31H38N4O5/c1-21-17-35(22(2)20-36)30(37)27-16-25(33-31(38)32-24-10-13-26(39-4)14-11-24)12-15-28(27)40-29(21)19-34(3)18-23-8-6-5-7-9-23/h5-16,21-22,29,36H,17-20H2,1-4H3,(H2,32,33,38)/t21-,22-,29+/m1/s1.